The average Bonchev–Trinajstić information content (AvgIpc) is 3.74. The zero-order valence-corrected chi connectivity index (χ0v) is 22.4. The second kappa shape index (κ2) is 8.98. The molecule has 14 heteroatoms. The highest BCUT2D eigenvalue weighted by atomic mass is 32.2. The van der Waals surface area contributed by atoms with Crippen LogP contribution in [0.1, 0.15) is 47.8 Å². The molecule has 2 fully saturated rings. The Kier molecular flexibility index (Phi) is 5.49. The number of amides is 1. The molecule has 13 nitrogen and oxygen atoms in total. The van der Waals surface area contributed by atoms with Crippen molar-refractivity contribution < 1.29 is 13.2 Å². The number of anilines is 1. The molecule has 0 aliphatic carbocycles. The number of hydrogen-bond donors (Lipinski definition) is 2. The smallest absolute Gasteiger partial charge is 0.276 e. The highest BCUT2D eigenvalue weighted by Crippen LogP contribution is 2.45. The van der Waals surface area contributed by atoms with Crippen LogP contribution in [-0.4, -0.2) is 77.4 Å². The van der Waals surface area contributed by atoms with E-state index in [0.29, 0.717) is 29.7 Å². The summed E-state index contributed by atoms with van der Waals surface area (Å²) in [5, 5.41) is 19.1. The van der Waals surface area contributed by atoms with Crippen LogP contribution in [0.2, 0.25) is 0 Å². The second-order valence-corrected chi connectivity index (χ2v) is 12.4. The third-order valence-electron chi connectivity index (χ3n) is 7.94. The predicted octanol–water partition coefficient (Wildman–Crippen LogP) is 2.24. The number of carbonyl (C=O) groups is 1. The van der Waals surface area contributed by atoms with Crippen LogP contribution in [0.3, 0.4) is 0 Å². The molecule has 2 aliphatic rings. The average molecular weight is 559 g/mol. The molecule has 0 radical (unpaired) electrons. The number of sulfone groups is 1. The maximum Gasteiger partial charge on any atom is 0.276 e. The minimum absolute atomic E-state index is 0.00434. The summed E-state index contributed by atoms with van der Waals surface area (Å²) >= 11 is 0. The number of nitrogen functional groups attached to an aromatic ring is 1. The normalized spacial score (nSPS) is 20.8. The largest absolute Gasteiger partial charge is 0.382 e. The number of nitrogens with two attached hydrogens (primary N) is 1. The summed E-state index contributed by atoms with van der Waals surface area (Å²) in [5.41, 5.74) is 10.0. The SMILES string of the molecule is CS(=O)(=O)c1c([C@@H]2C[C@H]3CC[C@@H](C2)N3C(=O)c2cn[nH]n2)nc2c(-c3cnn(-c4ccccc4)c3)cnn2c1N. The molecule has 3 atom stereocenters. The Hall–Kier alpha value is -4.59. The van der Waals surface area contributed by atoms with Gasteiger partial charge in [0, 0.05) is 41.6 Å². The molecule has 0 saturated carbocycles. The topological polar surface area (TPSA) is 170 Å². The molecule has 2 saturated heterocycles. The van der Waals surface area contributed by atoms with Gasteiger partial charge in [0.1, 0.15) is 10.7 Å². The van der Waals surface area contributed by atoms with E-state index in [0.717, 1.165) is 30.3 Å². The van der Waals surface area contributed by atoms with Crippen molar-refractivity contribution in [3.05, 3.63) is 66.5 Å². The van der Waals surface area contributed by atoms with Crippen molar-refractivity contribution in [3.8, 4) is 16.8 Å². The Balaban J connectivity index is 1.30. The summed E-state index contributed by atoms with van der Waals surface area (Å²) in [5.74, 6) is -0.345. The Morgan fingerprint density at radius 2 is 1.80 bits per heavy atom. The lowest BCUT2D eigenvalue weighted by atomic mass is 9.87. The number of carbonyl (C=O) groups excluding carboxylic acids is 1. The number of para-hydroxylation sites is 1. The molecule has 2 aliphatic heterocycles. The lowest BCUT2D eigenvalue weighted by Gasteiger charge is -2.38. The third-order valence-corrected chi connectivity index (χ3v) is 9.10. The van der Waals surface area contributed by atoms with Crippen LogP contribution in [0, 0.1) is 0 Å². The fourth-order valence-electron chi connectivity index (χ4n) is 6.23. The minimum Gasteiger partial charge on any atom is -0.382 e. The van der Waals surface area contributed by atoms with Crippen LogP contribution in [0.15, 0.2) is 60.0 Å². The molecule has 0 unspecified atom stereocenters. The van der Waals surface area contributed by atoms with Crippen molar-refractivity contribution in [2.45, 2.75) is 48.6 Å². The van der Waals surface area contributed by atoms with Crippen LogP contribution in [0.25, 0.3) is 22.5 Å². The maximum atomic E-state index is 13.1. The van der Waals surface area contributed by atoms with E-state index in [9.17, 15) is 13.2 Å². The number of nitrogens with one attached hydrogen (secondary N) is 1. The van der Waals surface area contributed by atoms with Crippen molar-refractivity contribution in [3.63, 3.8) is 0 Å². The first-order chi connectivity index (χ1) is 19.3. The number of piperidine rings is 1. The summed E-state index contributed by atoms with van der Waals surface area (Å²) in [6, 6.07) is 9.59. The molecule has 2 bridgehead atoms. The highest BCUT2D eigenvalue weighted by Gasteiger charge is 2.46. The molecule has 204 valence electrons. The predicted molar refractivity (Wildman–Crippen MR) is 144 cm³/mol. The van der Waals surface area contributed by atoms with Gasteiger partial charge < -0.3 is 10.6 Å². The van der Waals surface area contributed by atoms with Gasteiger partial charge in [-0.1, -0.05) is 18.2 Å². The molecule has 3 N–H and O–H groups in total. The van der Waals surface area contributed by atoms with Crippen molar-refractivity contribution in [1.29, 1.82) is 0 Å². The second-order valence-electron chi connectivity index (χ2n) is 10.4. The molecule has 0 spiro atoms. The first-order valence-corrected chi connectivity index (χ1v) is 14.8. The first-order valence-electron chi connectivity index (χ1n) is 13.0. The standard InChI is InChI=1S/C26H26N10O3S/c1-40(38,39)23-22(15-9-18-7-8-19(10-15)35(18)26(37)21-13-28-33-32-21)31-25-20(12-30-36(25)24(23)27)16-11-29-34(14-16)17-5-3-2-4-6-17/h2-6,11-15,18-19H,7-10,27H2,1H3,(H,28,32,33)/t15-,18-,19+. The third kappa shape index (κ3) is 3.86. The number of H-pyrrole nitrogens is 1. The van der Waals surface area contributed by atoms with E-state index in [2.05, 4.69) is 25.6 Å². The molecular weight excluding hydrogens is 532 g/mol. The molecule has 40 heavy (non-hydrogen) atoms. The number of rotatable bonds is 5. The van der Waals surface area contributed by atoms with E-state index in [-0.39, 0.29) is 40.3 Å². The van der Waals surface area contributed by atoms with Gasteiger partial charge in [-0.15, -0.1) is 0 Å². The Labute approximate surface area is 228 Å². The Morgan fingerprint density at radius 3 is 2.48 bits per heavy atom. The van der Waals surface area contributed by atoms with Crippen LogP contribution >= 0.6 is 0 Å². The van der Waals surface area contributed by atoms with Crippen LogP contribution < -0.4 is 5.73 Å². The van der Waals surface area contributed by atoms with E-state index < -0.39 is 9.84 Å². The van der Waals surface area contributed by atoms with Gasteiger partial charge in [0.05, 0.1) is 30.0 Å². The molecular formula is C26H26N10O3S. The van der Waals surface area contributed by atoms with Crippen LogP contribution in [0.4, 0.5) is 5.82 Å². The molecule has 5 aromatic rings. The number of fused-ring (bicyclic) bond motifs is 3. The summed E-state index contributed by atoms with van der Waals surface area (Å²) in [6.07, 6.45) is 10.6. The molecule has 7 rings (SSSR count). The summed E-state index contributed by atoms with van der Waals surface area (Å²) in [6.45, 7) is 0. The van der Waals surface area contributed by atoms with Crippen molar-refractivity contribution in [1.82, 2.24) is 44.7 Å². The number of benzene rings is 1. The van der Waals surface area contributed by atoms with Gasteiger partial charge >= 0.3 is 0 Å². The van der Waals surface area contributed by atoms with Gasteiger partial charge in [-0.25, -0.2) is 18.1 Å². The minimum atomic E-state index is -3.74. The van der Waals surface area contributed by atoms with Crippen molar-refractivity contribution in [2.75, 3.05) is 12.0 Å². The van der Waals surface area contributed by atoms with Crippen molar-refractivity contribution in [2.24, 2.45) is 0 Å². The number of aromatic amines is 1. The highest BCUT2D eigenvalue weighted by molar-refractivity contribution is 7.91. The summed E-state index contributed by atoms with van der Waals surface area (Å²) in [7, 11) is -3.74. The lowest BCUT2D eigenvalue weighted by Crippen LogP contribution is -2.46. The van der Waals surface area contributed by atoms with Gasteiger partial charge in [-0.05, 0) is 37.8 Å². The van der Waals surface area contributed by atoms with Crippen molar-refractivity contribution >= 4 is 27.2 Å². The molecule has 6 heterocycles. The number of nitrogens with zero attached hydrogens (tertiary/aromatic N) is 8. The number of aromatic nitrogens is 8. The van der Waals surface area contributed by atoms with Gasteiger partial charge in [0.2, 0.25) is 0 Å². The van der Waals surface area contributed by atoms with E-state index >= 15 is 0 Å². The van der Waals surface area contributed by atoms with Crippen LogP contribution in [-0.2, 0) is 9.84 Å². The van der Waals surface area contributed by atoms with Gasteiger partial charge in [-0.3, -0.25) is 4.79 Å². The fraction of sp³-hybridized carbons (Fsp3) is 0.308. The first kappa shape index (κ1) is 24.5. The number of hydrogen-bond acceptors (Lipinski definition) is 9. The molecule has 1 aromatic carbocycles. The van der Waals surface area contributed by atoms with Gasteiger partial charge in [0.25, 0.3) is 5.91 Å². The van der Waals surface area contributed by atoms with Gasteiger partial charge in [0.15, 0.2) is 21.2 Å². The van der Waals surface area contributed by atoms with E-state index in [4.69, 9.17) is 10.7 Å². The summed E-state index contributed by atoms with van der Waals surface area (Å²) < 4.78 is 29.2. The zero-order chi connectivity index (χ0) is 27.6. The monoisotopic (exact) mass is 558 g/mol. The van der Waals surface area contributed by atoms with E-state index in [1.54, 1.807) is 17.1 Å². The molecule has 4 aromatic heterocycles. The van der Waals surface area contributed by atoms with E-state index in [1.165, 1.54) is 10.7 Å². The van der Waals surface area contributed by atoms with Gasteiger partial charge in [-0.2, -0.15) is 30.1 Å². The summed E-state index contributed by atoms with van der Waals surface area (Å²) in [4.78, 5) is 19.9. The zero-order valence-electron chi connectivity index (χ0n) is 21.5. The fourth-order valence-corrected chi connectivity index (χ4v) is 7.29. The van der Waals surface area contributed by atoms with Crippen LogP contribution in [0.5, 0.6) is 0 Å². The molecule has 1 amide bonds. The Bertz CT molecular complexity index is 1830. The maximum absolute atomic E-state index is 13.1. The quantitative estimate of drug-likeness (QED) is 0.328. The lowest BCUT2D eigenvalue weighted by molar-refractivity contribution is 0.0562. The Morgan fingerprint density at radius 1 is 1.05 bits per heavy atom. The van der Waals surface area contributed by atoms with E-state index in [1.807, 2.05) is 41.4 Å².